The van der Waals surface area contributed by atoms with E-state index in [1.807, 2.05) is 0 Å². The van der Waals surface area contributed by atoms with E-state index < -0.39 is 0 Å². The van der Waals surface area contributed by atoms with E-state index in [1.54, 1.807) is 11.3 Å². The second-order valence-corrected chi connectivity index (χ2v) is 7.01. The van der Waals surface area contributed by atoms with Crippen molar-refractivity contribution in [1.29, 1.82) is 0 Å². The lowest BCUT2D eigenvalue weighted by Gasteiger charge is -2.14. The van der Waals surface area contributed by atoms with Crippen molar-refractivity contribution in [2.45, 2.75) is 58.0 Å². The Labute approximate surface area is 144 Å². The zero-order chi connectivity index (χ0) is 16.3. The van der Waals surface area contributed by atoms with Crippen molar-refractivity contribution >= 4 is 17.3 Å². The first-order valence-electron chi connectivity index (χ1n) is 8.95. The molecule has 1 atom stereocenters. The molecular weight excluding hydrogens is 306 g/mol. The summed E-state index contributed by atoms with van der Waals surface area (Å²) < 4.78 is 5.89. The average molecular weight is 338 g/mol. The van der Waals surface area contributed by atoms with Gasteiger partial charge in [-0.1, -0.05) is 19.8 Å². The van der Waals surface area contributed by atoms with E-state index in [0.29, 0.717) is 12.0 Å². The summed E-state index contributed by atoms with van der Waals surface area (Å²) in [7, 11) is 0. The molecule has 0 saturated heterocycles. The van der Waals surface area contributed by atoms with Crippen LogP contribution in [-0.4, -0.2) is 38.3 Å². The largest absolute Gasteiger partial charge is 0.378 e. The summed E-state index contributed by atoms with van der Waals surface area (Å²) in [4.78, 5) is 4.70. The fraction of sp³-hybridized carbons (Fsp3) is 0.722. The van der Waals surface area contributed by atoms with Gasteiger partial charge in [0.15, 0.2) is 5.96 Å². The number of ether oxygens (including phenoxy) is 1. The van der Waals surface area contributed by atoms with E-state index in [4.69, 9.17) is 9.73 Å². The predicted molar refractivity (Wildman–Crippen MR) is 99.5 cm³/mol. The van der Waals surface area contributed by atoms with Gasteiger partial charge < -0.3 is 15.4 Å². The lowest BCUT2D eigenvalue weighted by atomic mass is 10.1. The minimum atomic E-state index is 0.461. The number of hydrogen-bond donors (Lipinski definition) is 2. The molecule has 0 spiro atoms. The van der Waals surface area contributed by atoms with Crippen molar-refractivity contribution in [1.82, 2.24) is 10.6 Å². The van der Waals surface area contributed by atoms with Crippen LogP contribution in [-0.2, 0) is 4.74 Å². The Hall–Kier alpha value is -1.07. The molecule has 1 aliphatic rings. The molecule has 1 aromatic rings. The van der Waals surface area contributed by atoms with Gasteiger partial charge in [0.05, 0.1) is 6.10 Å². The zero-order valence-corrected chi connectivity index (χ0v) is 15.3. The first-order chi connectivity index (χ1) is 11.3. The maximum absolute atomic E-state index is 5.89. The van der Waals surface area contributed by atoms with Gasteiger partial charge in [-0.3, -0.25) is 4.99 Å². The maximum Gasteiger partial charge on any atom is 0.191 e. The molecule has 0 aromatic carbocycles. The Morgan fingerprint density at radius 3 is 2.91 bits per heavy atom. The summed E-state index contributed by atoms with van der Waals surface area (Å²) in [6.45, 7) is 7.78. The zero-order valence-electron chi connectivity index (χ0n) is 14.5. The Kier molecular flexibility index (Phi) is 8.47. The van der Waals surface area contributed by atoms with Crippen LogP contribution >= 0.6 is 11.3 Å². The number of aliphatic imine (C=N–C) groups is 1. The van der Waals surface area contributed by atoms with E-state index in [-0.39, 0.29) is 0 Å². The molecule has 1 unspecified atom stereocenters. The molecule has 5 heteroatoms. The molecule has 1 heterocycles. The number of thiophene rings is 1. The maximum atomic E-state index is 5.89. The number of nitrogens with zero attached hydrogens (tertiary/aromatic N) is 1. The van der Waals surface area contributed by atoms with Crippen LogP contribution in [0, 0.1) is 0 Å². The quantitative estimate of drug-likeness (QED) is 0.410. The molecule has 0 amide bonds. The van der Waals surface area contributed by atoms with Crippen molar-refractivity contribution in [2.75, 3.05) is 26.2 Å². The highest BCUT2D eigenvalue weighted by Crippen LogP contribution is 2.20. The molecule has 0 radical (unpaired) electrons. The summed E-state index contributed by atoms with van der Waals surface area (Å²) in [6, 6.07) is 2.19. The number of hydrogen-bond acceptors (Lipinski definition) is 3. The van der Waals surface area contributed by atoms with Crippen LogP contribution in [0.4, 0.5) is 0 Å². The lowest BCUT2D eigenvalue weighted by molar-refractivity contribution is 0.0574. The second-order valence-electron chi connectivity index (χ2n) is 6.23. The van der Waals surface area contributed by atoms with Crippen LogP contribution in [0.15, 0.2) is 21.8 Å². The molecule has 2 N–H and O–H groups in total. The van der Waals surface area contributed by atoms with Crippen LogP contribution in [0.1, 0.15) is 57.4 Å². The van der Waals surface area contributed by atoms with Gasteiger partial charge in [-0.2, -0.15) is 11.3 Å². The first kappa shape index (κ1) is 18.3. The van der Waals surface area contributed by atoms with Gasteiger partial charge in [0.25, 0.3) is 0 Å². The van der Waals surface area contributed by atoms with Gasteiger partial charge in [-0.15, -0.1) is 0 Å². The second kappa shape index (κ2) is 10.7. The van der Waals surface area contributed by atoms with Crippen molar-refractivity contribution in [3.05, 3.63) is 22.4 Å². The fourth-order valence-corrected chi connectivity index (χ4v) is 3.60. The molecule has 1 fully saturated rings. The normalized spacial score (nSPS) is 17.4. The Balaban J connectivity index is 1.64. The number of guanidine groups is 1. The van der Waals surface area contributed by atoms with Crippen LogP contribution in [0.3, 0.4) is 0 Å². The minimum absolute atomic E-state index is 0.461. The topological polar surface area (TPSA) is 45.7 Å². The third-order valence-electron chi connectivity index (χ3n) is 4.25. The standard InChI is InChI=1S/C18H31N3OS/c1-3-19-18(21-13-15(2)16-9-12-23-14-16)20-10-6-11-22-17-7-4-5-8-17/h9,12,14-15,17H,3-8,10-11,13H2,1-2H3,(H2,19,20,21). The minimum Gasteiger partial charge on any atom is -0.378 e. The monoisotopic (exact) mass is 337 g/mol. The van der Waals surface area contributed by atoms with E-state index in [2.05, 4.69) is 41.3 Å². The highest BCUT2D eigenvalue weighted by molar-refractivity contribution is 7.07. The van der Waals surface area contributed by atoms with Crippen molar-refractivity contribution in [2.24, 2.45) is 4.99 Å². The van der Waals surface area contributed by atoms with Gasteiger partial charge >= 0.3 is 0 Å². The Bertz CT molecular complexity index is 441. The van der Waals surface area contributed by atoms with Gasteiger partial charge in [-0.05, 0) is 48.6 Å². The first-order valence-corrected chi connectivity index (χ1v) is 9.89. The summed E-state index contributed by atoms with van der Waals surface area (Å²) in [5.74, 6) is 1.37. The highest BCUT2D eigenvalue weighted by Gasteiger charge is 2.14. The van der Waals surface area contributed by atoms with Crippen LogP contribution < -0.4 is 10.6 Å². The van der Waals surface area contributed by atoms with Crippen LogP contribution in [0.25, 0.3) is 0 Å². The Morgan fingerprint density at radius 2 is 2.22 bits per heavy atom. The molecule has 0 aliphatic heterocycles. The van der Waals surface area contributed by atoms with Crippen molar-refractivity contribution < 1.29 is 4.74 Å². The molecule has 1 saturated carbocycles. The van der Waals surface area contributed by atoms with E-state index in [0.717, 1.165) is 38.6 Å². The average Bonchev–Trinajstić information content (AvgIpc) is 3.25. The molecule has 0 bridgehead atoms. The van der Waals surface area contributed by atoms with Gasteiger partial charge in [0.1, 0.15) is 0 Å². The summed E-state index contributed by atoms with van der Waals surface area (Å²) >= 11 is 1.75. The summed E-state index contributed by atoms with van der Waals surface area (Å²) in [5.41, 5.74) is 1.37. The third-order valence-corrected chi connectivity index (χ3v) is 4.95. The number of nitrogens with one attached hydrogen (secondary N) is 2. The van der Waals surface area contributed by atoms with Gasteiger partial charge in [0.2, 0.25) is 0 Å². The smallest absolute Gasteiger partial charge is 0.191 e. The predicted octanol–water partition coefficient (Wildman–Crippen LogP) is 3.76. The van der Waals surface area contributed by atoms with Gasteiger partial charge in [0, 0.05) is 32.2 Å². The van der Waals surface area contributed by atoms with Crippen molar-refractivity contribution in [3.8, 4) is 0 Å². The van der Waals surface area contributed by atoms with E-state index in [9.17, 15) is 0 Å². The highest BCUT2D eigenvalue weighted by atomic mass is 32.1. The SMILES string of the molecule is CCNC(=NCC(C)c1ccsc1)NCCCOC1CCCC1. The third kappa shape index (κ3) is 6.92. The molecule has 1 aliphatic carbocycles. The fourth-order valence-electron chi connectivity index (χ4n) is 2.81. The molecular formula is C18H31N3OS. The van der Waals surface area contributed by atoms with E-state index >= 15 is 0 Å². The summed E-state index contributed by atoms with van der Waals surface area (Å²) in [6.07, 6.45) is 6.71. The Morgan fingerprint density at radius 1 is 1.39 bits per heavy atom. The number of rotatable bonds is 9. The van der Waals surface area contributed by atoms with Crippen LogP contribution in [0.5, 0.6) is 0 Å². The van der Waals surface area contributed by atoms with Crippen LogP contribution in [0.2, 0.25) is 0 Å². The van der Waals surface area contributed by atoms with E-state index in [1.165, 1.54) is 31.2 Å². The lowest BCUT2D eigenvalue weighted by Crippen LogP contribution is -2.38. The molecule has 1 aromatic heterocycles. The van der Waals surface area contributed by atoms with Gasteiger partial charge in [-0.25, -0.2) is 0 Å². The molecule has 4 nitrogen and oxygen atoms in total. The van der Waals surface area contributed by atoms with Crippen molar-refractivity contribution in [3.63, 3.8) is 0 Å². The molecule has 23 heavy (non-hydrogen) atoms. The molecule has 2 rings (SSSR count). The molecule has 130 valence electrons. The summed E-state index contributed by atoms with van der Waals surface area (Å²) in [5, 5.41) is 11.1.